The summed E-state index contributed by atoms with van der Waals surface area (Å²) in [5, 5.41) is 0. The third-order valence-corrected chi connectivity index (χ3v) is 0.496. The van der Waals surface area contributed by atoms with Crippen molar-refractivity contribution >= 4 is 0 Å². The molecule has 0 aromatic rings. The third kappa shape index (κ3) is 17.9. The Balaban J connectivity index is 0. The van der Waals surface area contributed by atoms with Gasteiger partial charge in [0.25, 0.3) is 0 Å². The van der Waals surface area contributed by atoms with Gasteiger partial charge in [-0.15, -0.1) is 0 Å². The first kappa shape index (κ1) is 10.5. The predicted octanol–water partition coefficient (Wildman–Crippen LogP) is 3.16. The summed E-state index contributed by atoms with van der Waals surface area (Å²) in [5.74, 6) is 0. The monoisotopic (exact) mass is 112 g/mol. The van der Waals surface area contributed by atoms with Crippen molar-refractivity contribution in [3.05, 3.63) is 24.3 Å². The molecule has 8 heavy (non-hydrogen) atoms. The van der Waals surface area contributed by atoms with Gasteiger partial charge < -0.3 is 0 Å². The molecular formula is C8H16. The summed E-state index contributed by atoms with van der Waals surface area (Å²) in [7, 11) is 0. The lowest BCUT2D eigenvalue weighted by atomic mass is 10.5. The molecule has 0 saturated heterocycles. The lowest BCUT2D eigenvalue weighted by Gasteiger charge is -1.62. The van der Waals surface area contributed by atoms with Crippen LogP contribution in [0, 0.1) is 0 Å². The molecule has 0 aliphatic heterocycles. The minimum atomic E-state index is 2.00. The van der Waals surface area contributed by atoms with E-state index >= 15 is 0 Å². The fraction of sp³-hybridized carbons (Fsp3) is 0.500. The van der Waals surface area contributed by atoms with Crippen molar-refractivity contribution in [2.24, 2.45) is 0 Å². The molecule has 0 bridgehead atoms. The van der Waals surface area contributed by atoms with Gasteiger partial charge in [0.2, 0.25) is 0 Å². The van der Waals surface area contributed by atoms with E-state index in [0.717, 1.165) is 0 Å². The lowest BCUT2D eigenvalue weighted by molar-refractivity contribution is 1.50. The average Bonchev–Trinajstić information content (AvgIpc) is 1.88. The highest BCUT2D eigenvalue weighted by Gasteiger charge is 1.48. The van der Waals surface area contributed by atoms with Crippen LogP contribution >= 0.6 is 0 Å². The summed E-state index contributed by atoms with van der Waals surface area (Å²) in [6.07, 6.45) is 8.00. The van der Waals surface area contributed by atoms with Crippen molar-refractivity contribution in [1.82, 2.24) is 0 Å². The molecule has 0 amide bonds. The van der Waals surface area contributed by atoms with Gasteiger partial charge in [-0.1, -0.05) is 38.2 Å². The van der Waals surface area contributed by atoms with Crippen molar-refractivity contribution in [1.29, 1.82) is 0 Å². The van der Waals surface area contributed by atoms with E-state index in [4.69, 9.17) is 0 Å². The van der Waals surface area contributed by atoms with Gasteiger partial charge in [0.15, 0.2) is 0 Å². The number of hydrogen-bond donors (Lipinski definition) is 0. The molecule has 0 heterocycles. The minimum absolute atomic E-state index is 2.00. The predicted molar refractivity (Wildman–Crippen MR) is 41.0 cm³/mol. The number of allylic oxidation sites excluding steroid dienone is 4. The van der Waals surface area contributed by atoms with E-state index < -0.39 is 0 Å². The highest BCUT2D eigenvalue weighted by molar-refractivity contribution is 4.98. The molecule has 0 aliphatic carbocycles. The van der Waals surface area contributed by atoms with Crippen LogP contribution in [0.15, 0.2) is 24.3 Å². The number of hydrogen-bond acceptors (Lipinski definition) is 0. The molecule has 0 rings (SSSR count). The van der Waals surface area contributed by atoms with Gasteiger partial charge >= 0.3 is 0 Å². The van der Waals surface area contributed by atoms with E-state index in [1.165, 1.54) is 0 Å². The van der Waals surface area contributed by atoms with Gasteiger partial charge in [-0.25, -0.2) is 0 Å². The van der Waals surface area contributed by atoms with E-state index in [1.54, 1.807) is 0 Å². The first-order chi connectivity index (χ1) is 3.91. The molecule has 0 spiro atoms. The van der Waals surface area contributed by atoms with Crippen LogP contribution in [-0.4, -0.2) is 0 Å². The van der Waals surface area contributed by atoms with Gasteiger partial charge in [0.1, 0.15) is 0 Å². The van der Waals surface area contributed by atoms with Gasteiger partial charge in [-0.05, 0) is 13.8 Å². The van der Waals surface area contributed by atoms with Crippen LogP contribution < -0.4 is 0 Å². The van der Waals surface area contributed by atoms with Gasteiger partial charge in [-0.3, -0.25) is 0 Å². The van der Waals surface area contributed by atoms with Gasteiger partial charge in [0.05, 0.1) is 0 Å². The molecule has 0 aromatic heterocycles. The first-order valence-corrected chi connectivity index (χ1v) is 3.15. The second kappa shape index (κ2) is 16.1. The zero-order valence-electron chi connectivity index (χ0n) is 6.31. The minimum Gasteiger partial charge on any atom is -0.0877 e. The molecule has 0 atom stereocenters. The molecule has 48 valence electrons. The number of rotatable bonds is 1. The quantitative estimate of drug-likeness (QED) is 0.457. The van der Waals surface area contributed by atoms with Crippen molar-refractivity contribution in [3.8, 4) is 0 Å². The second-order valence-corrected chi connectivity index (χ2v) is 1.05. The van der Waals surface area contributed by atoms with E-state index in [-0.39, 0.29) is 0 Å². The van der Waals surface area contributed by atoms with Crippen LogP contribution in [0.25, 0.3) is 0 Å². The summed E-state index contributed by atoms with van der Waals surface area (Å²) >= 11 is 0. The maximum atomic E-state index is 2.00. The van der Waals surface area contributed by atoms with E-state index in [2.05, 4.69) is 0 Å². The molecule has 0 aromatic carbocycles. The standard InChI is InChI=1S/C6H10.C2H6/c1-3-5-6-4-2;1-2/h3-6H,1-2H3;1-2H3/b5-3+,6-4+;. The van der Waals surface area contributed by atoms with Crippen molar-refractivity contribution in [2.45, 2.75) is 27.7 Å². The molecule has 0 aliphatic rings. The molecule has 0 N–H and O–H groups in total. The van der Waals surface area contributed by atoms with E-state index in [1.807, 2.05) is 52.0 Å². The normalized spacial score (nSPS) is 9.50. The topological polar surface area (TPSA) is 0 Å². The summed E-state index contributed by atoms with van der Waals surface area (Å²) in [5.41, 5.74) is 0. The largest absolute Gasteiger partial charge is 0.0877 e. The van der Waals surface area contributed by atoms with E-state index in [0.29, 0.717) is 0 Å². The maximum absolute atomic E-state index is 2.00. The maximum Gasteiger partial charge on any atom is -0.0467 e. The Morgan fingerprint density at radius 2 is 1.00 bits per heavy atom. The lowest BCUT2D eigenvalue weighted by Crippen LogP contribution is -1.40. The molecule has 0 fully saturated rings. The highest BCUT2D eigenvalue weighted by Crippen LogP contribution is 1.71. The molecule has 0 heteroatoms. The molecule has 0 nitrogen and oxygen atoms in total. The SMILES string of the molecule is C/C=C/C=C/C.CC. The fourth-order valence-corrected chi connectivity index (χ4v) is 0.222. The summed E-state index contributed by atoms with van der Waals surface area (Å²) in [6, 6.07) is 0. The zero-order valence-corrected chi connectivity index (χ0v) is 6.31. The fourth-order valence-electron chi connectivity index (χ4n) is 0.222. The Morgan fingerprint density at radius 1 is 0.750 bits per heavy atom. The van der Waals surface area contributed by atoms with Crippen LogP contribution in [0.3, 0.4) is 0 Å². The Hall–Kier alpha value is -0.520. The Kier molecular flexibility index (Phi) is 21.0. The summed E-state index contributed by atoms with van der Waals surface area (Å²) < 4.78 is 0. The summed E-state index contributed by atoms with van der Waals surface area (Å²) in [4.78, 5) is 0. The van der Waals surface area contributed by atoms with Crippen LogP contribution in [0.4, 0.5) is 0 Å². The average molecular weight is 112 g/mol. The van der Waals surface area contributed by atoms with Crippen molar-refractivity contribution < 1.29 is 0 Å². The zero-order chi connectivity index (χ0) is 6.83. The Bertz CT molecular complexity index is 48.4. The van der Waals surface area contributed by atoms with Gasteiger partial charge in [-0.2, -0.15) is 0 Å². The van der Waals surface area contributed by atoms with Gasteiger partial charge in [0, 0.05) is 0 Å². The molecule has 0 unspecified atom stereocenters. The van der Waals surface area contributed by atoms with Crippen LogP contribution in [-0.2, 0) is 0 Å². The Morgan fingerprint density at radius 3 is 1.12 bits per heavy atom. The Labute approximate surface area is 52.9 Å². The highest BCUT2D eigenvalue weighted by atomic mass is 13.6. The van der Waals surface area contributed by atoms with Crippen molar-refractivity contribution in [3.63, 3.8) is 0 Å². The summed E-state index contributed by atoms with van der Waals surface area (Å²) in [6.45, 7) is 8.00. The molecular weight excluding hydrogens is 96.1 g/mol. The van der Waals surface area contributed by atoms with Crippen LogP contribution in [0.1, 0.15) is 27.7 Å². The molecule has 0 saturated carbocycles. The third-order valence-electron chi connectivity index (χ3n) is 0.496. The van der Waals surface area contributed by atoms with Crippen LogP contribution in [0.5, 0.6) is 0 Å². The first-order valence-electron chi connectivity index (χ1n) is 3.15. The smallest absolute Gasteiger partial charge is 0.0467 e. The molecule has 0 radical (unpaired) electrons. The van der Waals surface area contributed by atoms with Crippen molar-refractivity contribution in [2.75, 3.05) is 0 Å². The second-order valence-electron chi connectivity index (χ2n) is 1.05. The van der Waals surface area contributed by atoms with E-state index in [9.17, 15) is 0 Å². The van der Waals surface area contributed by atoms with Crippen LogP contribution in [0.2, 0.25) is 0 Å².